The maximum absolute atomic E-state index is 5.55. The van der Waals surface area contributed by atoms with Crippen LogP contribution in [-0.2, 0) is 6.42 Å². The number of fused-ring (bicyclic) bond motifs is 1. The molecule has 3 nitrogen and oxygen atoms in total. The molecule has 0 radical (unpaired) electrons. The maximum Gasteiger partial charge on any atom is 0.110 e. The summed E-state index contributed by atoms with van der Waals surface area (Å²) in [5.74, 6) is 1.23. The largest absolute Gasteiger partial charge is 0.330 e. The average molecular weight is 259 g/mol. The third-order valence-corrected chi connectivity index (χ3v) is 3.80. The lowest BCUT2D eigenvalue weighted by molar-refractivity contribution is 0.514. The van der Waals surface area contributed by atoms with E-state index in [4.69, 9.17) is 10.7 Å². The van der Waals surface area contributed by atoms with Crippen molar-refractivity contribution in [2.45, 2.75) is 52.0 Å². The molecule has 2 N–H and O–H groups in total. The fourth-order valence-corrected chi connectivity index (χ4v) is 2.55. The van der Waals surface area contributed by atoms with Crippen LogP contribution < -0.4 is 5.73 Å². The van der Waals surface area contributed by atoms with E-state index in [1.165, 1.54) is 24.2 Å². The molecule has 2 rings (SSSR count). The van der Waals surface area contributed by atoms with Crippen LogP contribution in [0.1, 0.15) is 51.4 Å². The van der Waals surface area contributed by atoms with E-state index in [-0.39, 0.29) is 0 Å². The van der Waals surface area contributed by atoms with Crippen LogP contribution in [0.5, 0.6) is 0 Å². The minimum atomic E-state index is 0.511. The molecule has 104 valence electrons. The first kappa shape index (κ1) is 14.1. The minimum absolute atomic E-state index is 0.511. The second-order valence-corrected chi connectivity index (χ2v) is 5.24. The van der Waals surface area contributed by atoms with Crippen molar-refractivity contribution in [2.24, 2.45) is 5.73 Å². The molecule has 19 heavy (non-hydrogen) atoms. The zero-order valence-corrected chi connectivity index (χ0v) is 12.1. The van der Waals surface area contributed by atoms with Gasteiger partial charge in [-0.05, 0) is 44.9 Å². The number of nitrogens with zero attached hydrogens (tertiary/aromatic N) is 2. The van der Waals surface area contributed by atoms with Crippen molar-refractivity contribution in [1.82, 2.24) is 9.55 Å². The van der Waals surface area contributed by atoms with Gasteiger partial charge >= 0.3 is 0 Å². The van der Waals surface area contributed by atoms with Gasteiger partial charge in [0, 0.05) is 12.5 Å². The number of hydrogen-bond donors (Lipinski definition) is 1. The fourth-order valence-electron chi connectivity index (χ4n) is 2.55. The Morgan fingerprint density at radius 2 is 2.00 bits per heavy atom. The van der Waals surface area contributed by atoms with E-state index in [9.17, 15) is 0 Å². The summed E-state index contributed by atoms with van der Waals surface area (Å²) in [6, 6.07) is 8.96. The van der Waals surface area contributed by atoms with Gasteiger partial charge < -0.3 is 10.3 Å². The minimum Gasteiger partial charge on any atom is -0.330 e. The summed E-state index contributed by atoms with van der Waals surface area (Å²) in [5.41, 5.74) is 7.94. The van der Waals surface area contributed by atoms with E-state index in [1.54, 1.807) is 0 Å². The van der Waals surface area contributed by atoms with Gasteiger partial charge in [-0.2, -0.15) is 0 Å². The maximum atomic E-state index is 5.55. The molecular weight excluding hydrogens is 234 g/mol. The normalized spacial score (nSPS) is 13.0. The van der Waals surface area contributed by atoms with Gasteiger partial charge in [0.05, 0.1) is 11.0 Å². The van der Waals surface area contributed by atoms with E-state index in [1.807, 2.05) is 0 Å². The number of para-hydroxylation sites is 2. The SMILES string of the molecule is CC[C@H](C)n1c(CCCCCN)nc2ccccc21. The molecule has 0 bridgehead atoms. The Kier molecular flexibility index (Phi) is 4.97. The lowest BCUT2D eigenvalue weighted by Crippen LogP contribution is -2.09. The van der Waals surface area contributed by atoms with Crippen LogP contribution in [0.25, 0.3) is 11.0 Å². The number of imidazole rings is 1. The molecule has 0 saturated carbocycles. The monoisotopic (exact) mass is 259 g/mol. The van der Waals surface area contributed by atoms with Gasteiger partial charge in [0.1, 0.15) is 5.82 Å². The highest BCUT2D eigenvalue weighted by Crippen LogP contribution is 2.24. The summed E-state index contributed by atoms with van der Waals surface area (Å²) in [6.07, 6.45) is 5.68. The van der Waals surface area contributed by atoms with E-state index in [2.05, 4.69) is 42.7 Å². The van der Waals surface area contributed by atoms with E-state index < -0.39 is 0 Å². The van der Waals surface area contributed by atoms with Crippen molar-refractivity contribution in [3.63, 3.8) is 0 Å². The lowest BCUT2D eigenvalue weighted by atomic mass is 10.1. The van der Waals surface area contributed by atoms with Crippen LogP contribution in [0.4, 0.5) is 0 Å². The van der Waals surface area contributed by atoms with Crippen molar-refractivity contribution in [1.29, 1.82) is 0 Å². The summed E-state index contributed by atoms with van der Waals surface area (Å²) < 4.78 is 2.41. The molecule has 0 aliphatic rings. The molecule has 1 atom stereocenters. The van der Waals surface area contributed by atoms with Crippen molar-refractivity contribution >= 4 is 11.0 Å². The number of benzene rings is 1. The van der Waals surface area contributed by atoms with Crippen LogP contribution in [0.3, 0.4) is 0 Å². The quantitative estimate of drug-likeness (QED) is 0.771. The molecule has 0 saturated heterocycles. The second kappa shape index (κ2) is 6.71. The molecule has 0 unspecified atom stereocenters. The molecule has 0 aliphatic carbocycles. The van der Waals surface area contributed by atoms with Crippen molar-refractivity contribution in [2.75, 3.05) is 6.54 Å². The van der Waals surface area contributed by atoms with Crippen molar-refractivity contribution in [3.8, 4) is 0 Å². The molecule has 0 fully saturated rings. The second-order valence-electron chi connectivity index (χ2n) is 5.24. The van der Waals surface area contributed by atoms with Gasteiger partial charge in [0.25, 0.3) is 0 Å². The van der Waals surface area contributed by atoms with Gasteiger partial charge in [-0.3, -0.25) is 0 Å². The summed E-state index contributed by atoms with van der Waals surface area (Å²) in [6.45, 7) is 5.30. The van der Waals surface area contributed by atoms with Crippen LogP contribution in [0.2, 0.25) is 0 Å². The van der Waals surface area contributed by atoms with Crippen LogP contribution >= 0.6 is 0 Å². The smallest absolute Gasteiger partial charge is 0.110 e. The van der Waals surface area contributed by atoms with Crippen molar-refractivity contribution in [3.05, 3.63) is 30.1 Å². The number of unbranched alkanes of at least 4 members (excludes halogenated alkanes) is 2. The Morgan fingerprint density at radius 3 is 2.74 bits per heavy atom. The molecule has 1 aromatic heterocycles. The van der Waals surface area contributed by atoms with Crippen LogP contribution in [0.15, 0.2) is 24.3 Å². The van der Waals surface area contributed by atoms with Gasteiger partial charge in [-0.1, -0.05) is 25.5 Å². The molecule has 0 aliphatic heterocycles. The van der Waals surface area contributed by atoms with E-state index >= 15 is 0 Å². The van der Waals surface area contributed by atoms with Gasteiger partial charge in [-0.15, -0.1) is 0 Å². The summed E-state index contributed by atoms with van der Waals surface area (Å²) in [4.78, 5) is 4.81. The average Bonchev–Trinajstić information content (AvgIpc) is 2.81. The number of hydrogen-bond acceptors (Lipinski definition) is 2. The standard InChI is InChI=1S/C16H25N3/c1-3-13(2)19-15-10-7-6-9-14(15)18-16(19)11-5-4-8-12-17/h6-7,9-10,13H,3-5,8,11-12,17H2,1-2H3/t13-/m0/s1. The molecule has 0 amide bonds. The van der Waals surface area contributed by atoms with Gasteiger partial charge in [-0.25, -0.2) is 4.98 Å². The molecule has 1 aromatic carbocycles. The molecular formula is C16H25N3. The summed E-state index contributed by atoms with van der Waals surface area (Å²) >= 11 is 0. The fraction of sp³-hybridized carbons (Fsp3) is 0.562. The summed E-state index contributed by atoms with van der Waals surface area (Å²) in [5, 5.41) is 0. The predicted octanol–water partition coefficient (Wildman–Crippen LogP) is 3.68. The highest BCUT2D eigenvalue weighted by molar-refractivity contribution is 5.76. The first-order valence-electron chi connectivity index (χ1n) is 7.43. The third-order valence-electron chi connectivity index (χ3n) is 3.80. The van der Waals surface area contributed by atoms with E-state index in [0.29, 0.717) is 6.04 Å². The van der Waals surface area contributed by atoms with Gasteiger partial charge in [0.2, 0.25) is 0 Å². The Balaban J connectivity index is 2.25. The zero-order valence-electron chi connectivity index (χ0n) is 12.1. The lowest BCUT2D eigenvalue weighted by Gasteiger charge is -2.15. The molecule has 0 spiro atoms. The zero-order chi connectivity index (χ0) is 13.7. The molecule has 1 heterocycles. The number of rotatable bonds is 7. The topological polar surface area (TPSA) is 43.8 Å². The van der Waals surface area contributed by atoms with Crippen LogP contribution in [0, 0.1) is 0 Å². The Bertz CT molecular complexity index is 516. The van der Waals surface area contributed by atoms with E-state index in [0.717, 1.165) is 31.3 Å². The first-order chi connectivity index (χ1) is 9.27. The number of nitrogens with two attached hydrogens (primary N) is 1. The molecule has 2 aromatic rings. The Morgan fingerprint density at radius 1 is 1.21 bits per heavy atom. The Hall–Kier alpha value is -1.35. The number of aromatic nitrogens is 2. The summed E-state index contributed by atoms with van der Waals surface area (Å²) in [7, 11) is 0. The number of aryl methyl sites for hydroxylation is 1. The van der Waals surface area contributed by atoms with Crippen molar-refractivity contribution < 1.29 is 0 Å². The molecule has 3 heteroatoms. The van der Waals surface area contributed by atoms with Crippen LogP contribution in [-0.4, -0.2) is 16.1 Å². The van der Waals surface area contributed by atoms with Gasteiger partial charge in [0.15, 0.2) is 0 Å². The third kappa shape index (κ3) is 3.16. The first-order valence-corrected chi connectivity index (χ1v) is 7.43. The predicted molar refractivity (Wildman–Crippen MR) is 81.3 cm³/mol. The highest BCUT2D eigenvalue weighted by Gasteiger charge is 2.13. The Labute approximate surface area is 115 Å². The highest BCUT2D eigenvalue weighted by atomic mass is 15.1.